The van der Waals surface area contributed by atoms with E-state index in [9.17, 15) is 4.79 Å². The highest BCUT2D eigenvalue weighted by atomic mass is 16.5. The van der Waals surface area contributed by atoms with E-state index >= 15 is 0 Å². The van der Waals surface area contributed by atoms with Crippen LogP contribution in [-0.4, -0.2) is 21.4 Å². The first-order valence-corrected chi connectivity index (χ1v) is 4.37. The van der Waals surface area contributed by atoms with Crippen molar-refractivity contribution in [3.63, 3.8) is 0 Å². The summed E-state index contributed by atoms with van der Waals surface area (Å²) in [6.07, 6.45) is 1.12. The van der Waals surface area contributed by atoms with Crippen LogP contribution in [0.1, 0.15) is 5.56 Å². The number of nitrogens with zero attached hydrogens (tertiary/aromatic N) is 2. The zero-order valence-corrected chi connectivity index (χ0v) is 8.15. The highest BCUT2D eigenvalue weighted by Gasteiger charge is 2.09. The molecule has 15 heavy (non-hydrogen) atoms. The molecule has 76 valence electrons. The number of rotatable bonds is 2. The van der Waals surface area contributed by atoms with E-state index in [0.717, 1.165) is 17.2 Å². The van der Waals surface area contributed by atoms with E-state index in [0.29, 0.717) is 11.3 Å². The van der Waals surface area contributed by atoms with Crippen LogP contribution in [0.2, 0.25) is 0 Å². The molecule has 0 radical (unpaired) electrons. The molecule has 0 atom stereocenters. The predicted octanol–water partition coefficient (Wildman–Crippen LogP) is 1.36. The van der Waals surface area contributed by atoms with Gasteiger partial charge in [-0.25, -0.2) is 4.79 Å². The Balaban J connectivity index is 2.47. The van der Waals surface area contributed by atoms with Crippen LogP contribution in [0.25, 0.3) is 11.0 Å². The SMILES string of the molecule is C=CC(=O)Oc1ccc2[nH]nnc2c1C. The van der Waals surface area contributed by atoms with Gasteiger partial charge in [-0.2, -0.15) is 0 Å². The second-order valence-corrected chi connectivity index (χ2v) is 3.02. The number of esters is 1. The Bertz CT molecular complexity index is 530. The largest absolute Gasteiger partial charge is 0.423 e. The lowest BCUT2D eigenvalue weighted by Crippen LogP contribution is -2.04. The normalized spacial score (nSPS) is 10.2. The molecule has 1 N–H and O–H groups in total. The number of ether oxygens (including phenoxy) is 1. The second kappa shape index (κ2) is 3.53. The molecule has 0 aliphatic rings. The third kappa shape index (κ3) is 1.59. The molecule has 0 bridgehead atoms. The lowest BCUT2D eigenvalue weighted by Gasteiger charge is -2.04. The monoisotopic (exact) mass is 203 g/mol. The van der Waals surface area contributed by atoms with Gasteiger partial charge in [-0.05, 0) is 19.1 Å². The van der Waals surface area contributed by atoms with Crippen molar-refractivity contribution in [2.75, 3.05) is 0 Å². The molecule has 0 unspecified atom stereocenters. The summed E-state index contributed by atoms with van der Waals surface area (Å²) in [4.78, 5) is 11.0. The summed E-state index contributed by atoms with van der Waals surface area (Å²) in [7, 11) is 0. The first kappa shape index (κ1) is 9.39. The smallest absolute Gasteiger partial charge is 0.335 e. The molecular formula is C10H9N3O2. The first-order valence-electron chi connectivity index (χ1n) is 4.37. The van der Waals surface area contributed by atoms with E-state index in [4.69, 9.17) is 4.74 Å². The van der Waals surface area contributed by atoms with Crippen molar-refractivity contribution in [3.05, 3.63) is 30.4 Å². The fraction of sp³-hybridized carbons (Fsp3) is 0.100. The number of aromatic amines is 1. The van der Waals surface area contributed by atoms with Crippen LogP contribution in [0.5, 0.6) is 5.75 Å². The summed E-state index contributed by atoms with van der Waals surface area (Å²) in [6, 6.07) is 3.45. The molecule has 2 aromatic rings. The van der Waals surface area contributed by atoms with E-state index in [1.807, 2.05) is 6.92 Å². The van der Waals surface area contributed by atoms with Crippen LogP contribution in [-0.2, 0) is 4.79 Å². The predicted molar refractivity (Wildman–Crippen MR) is 54.5 cm³/mol. The molecule has 1 aromatic heterocycles. The van der Waals surface area contributed by atoms with Crippen molar-refractivity contribution in [3.8, 4) is 5.75 Å². The Hall–Kier alpha value is -2.17. The molecule has 1 heterocycles. The van der Waals surface area contributed by atoms with Gasteiger partial charge < -0.3 is 4.74 Å². The maximum absolute atomic E-state index is 11.0. The fourth-order valence-corrected chi connectivity index (χ4v) is 1.29. The van der Waals surface area contributed by atoms with Crippen LogP contribution in [0.4, 0.5) is 0 Å². The minimum absolute atomic E-state index is 0.473. The summed E-state index contributed by atoms with van der Waals surface area (Å²) in [6.45, 7) is 5.15. The Kier molecular flexibility index (Phi) is 2.21. The summed E-state index contributed by atoms with van der Waals surface area (Å²) >= 11 is 0. The number of aryl methyl sites for hydroxylation is 1. The van der Waals surface area contributed by atoms with Crippen LogP contribution >= 0.6 is 0 Å². The van der Waals surface area contributed by atoms with Gasteiger partial charge in [-0.3, -0.25) is 5.10 Å². The van der Waals surface area contributed by atoms with Crippen molar-refractivity contribution >= 4 is 17.0 Å². The Morgan fingerprint density at radius 1 is 1.60 bits per heavy atom. The quantitative estimate of drug-likeness (QED) is 0.454. The van der Waals surface area contributed by atoms with E-state index in [1.165, 1.54) is 0 Å². The third-order valence-electron chi connectivity index (χ3n) is 2.08. The van der Waals surface area contributed by atoms with Crippen LogP contribution in [0, 0.1) is 6.92 Å². The zero-order valence-electron chi connectivity index (χ0n) is 8.15. The van der Waals surface area contributed by atoms with Crippen LogP contribution in [0.15, 0.2) is 24.8 Å². The zero-order chi connectivity index (χ0) is 10.8. The van der Waals surface area contributed by atoms with Gasteiger partial charge in [0.25, 0.3) is 0 Å². The minimum Gasteiger partial charge on any atom is -0.423 e. The summed E-state index contributed by atoms with van der Waals surface area (Å²) in [5, 5.41) is 10.3. The van der Waals surface area contributed by atoms with Crippen LogP contribution in [0.3, 0.4) is 0 Å². The molecule has 0 aliphatic carbocycles. The second-order valence-electron chi connectivity index (χ2n) is 3.02. The number of fused-ring (bicyclic) bond motifs is 1. The number of benzene rings is 1. The molecule has 0 saturated carbocycles. The topological polar surface area (TPSA) is 67.9 Å². The van der Waals surface area contributed by atoms with Gasteiger partial charge in [0.1, 0.15) is 11.3 Å². The van der Waals surface area contributed by atoms with Crippen molar-refractivity contribution in [2.45, 2.75) is 6.92 Å². The molecular weight excluding hydrogens is 194 g/mol. The highest BCUT2D eigenvalue weighted by Crippen LogP contribution is 2.24. The standard InChI is InChI=1S/C10H9N3O2/c1-3-9(14)15-8-5-4-7-10(6(8)2)12-13-11-7/h3-5H,1H2,2H3,(H,11,12,13). The van der Waals surface area contributed by atoms with Crippen LogP contribution < -0.4 is 4.74 Å². The van der Waals surface area contributed by atoms with Crippen molar-refractivity contribution < 1.29 is 9.53 Å². The highest BCUT2D eigenvalue weighted by molar-refractivity contribution is 5.86. The number of hydrogen-bond acceptors (Lipinski definition) is 4. The number of nitrogens with one attached hydrogen (secondary N) is 1. The van der Waals surface area contributed by atoms with E-state index in [1.54, 1.807) is 12.1 Å². The molecule has 0 fully saturated rings. The maximum Gasteiger partial charge on any atom is 0.335 e. The number of carbonyl (C=O) groups is 1. The van der Waals surface area contributed by atoms with Gasteiger partial charge in [-0.15, -0.1) is 5.10 Å². The molecule has 1 aromatic carbocycles. The molecule has 5 nitrogen and oxygen atoms in total. The fourth-order valence-electron chi connectivity index (χ4n) is 1.29. The van der Waals surface area contributed by atoms with Gasteiger partial charge in [0.05, 0.1) is 5.52 Å². The van der Waals surface area contributed by atoms with E-state index in [-0.39, 0.29) is 0 Å². The first-order chi connectivity index (χ1) is 7.22. The average molecular weight is 203 g/mol. The molecule has 0 saturated heterocycles. The number of hydrogen-bond donors (Lipinski definition) is 1. The lowest BCUT2D eigenvalue weighted by atomic mass is 10.2. The summed E-state index contributed by atoms with van der Waals surface area (Å²) in [5.74, 6) is -0.0118. The molecule has 0 aliphatic heterocycles. The van der Waals surface area contributed by atoms with Crippen molar-refractivity contribution in [1.29, 1.82) is 0 Å². The third-order valence-corrected chi connectivity index (χ3v) is 2.08. The summed E-state index contributed by atoms with van der Waals surface area (Å²) < 4.78 is 5.03. The van der Waals surface area contributed by atoms with E-state index < -0.39 is 5.97 Å². The van der Waals surface area contributed by atoms with Gasteiger partial charge in [0.15, 0.2) is 0 Å². The van der Waals surface area contributed by atoms with Crippen molar-refractivity contribution in [1.82, 2.24) is 15.4 Å². The van der Waals surface area contributed by atoms with Gasteiger partial charge in [-0.1, -0.05) is 11.8 Å². The Labute approximate surface area is 85.7 Å². The maximum atomic E-state index is 11.0. The van der Waals surface area contributed by atoms with Gasteiger partial charge in [0.2, 0.25) is 0 Å². The van der Waals surface area contributed by atoms with Crippen molar-refractivity contribution in [2.24, 2.45) is 0 Å². The lowest BCUT2D eigenvalue weighted by molar-refractivity contribution is -0.128. The molecule has 5 heteroatoms. The Morgan fingerprint density at radius 3 is 3.13 bits per heavy atom. The summed E-state index contributed by atoms with van der Waals surface area (Å²) in [5.41, 5.74) is 2.28. The minimum atomic E-state index is -0.485. The molecule has 0 amide bonds. The number of H-pyrrole nitrogens is 1. The molecule has 2 rings (SSSR count). The average Bonchev–Trinajstić information content (AvgIpc) is 2.70. The number of carbonyl (C=O) groups excluding carboxylic acids is 1. The van der Waals surface area contributed by atoms with Gasteiger partial charge in [0, 0.05) is 11.6 Å². The molecule has 0 spiro atoms. The van der Waals surface area contributed by atoms with Gasteiger partial charge >= 0.3 is 5.97 Å². The van der Waals surface area contributed by atoms with E-state index in [2.05, 4.69) is 22.0 Å². The Morgan fingerprint density at radius 2 is 2.40 bits per heavy atom. The number of aromatic nitrogens is 3.